The lowest BCUT2D eigenvalue weighted by atomic mass is 10.2. The lowest BCUT2D eigenvalue weighted by Crippen LogP contribution is -2.07. The molecule has 0 aliphatic rings. The number of nitrogens with two attached hydrogens (primary N) is 1. The first-order valence-electron chi connectivity index (χ1n) is 5.35. The van der Waals surface area contributed by atoms with Gasteiger partial charge < -0.3 is 16.2 Å². The van der Waals surface area contributed by atoms with Crippen LogP contribution in [0.15, 0.2) is 18.2 Å². The summed E-state index contributed by atoms with van der Waals surface area (Å²) < 4.78 is 0. The Kier molecular flexibility index (Phi) is 4.62. The van der Waals surface area contributed by atoms with Crippen LogP contribution in [0.5, 0.6) is 0 Å². The zero-order valence-corrected chi connectivity index (χ0v) is 9.40. The number of hydrogen-bond acceptors (Lipinski definition) is 4. The van der Waals surface area contributed by atoms with Crippen molar-refractivity contribution >= 4 is 11.4 Å². The highest BCUT2D eigenvalue weighted by atomic mass is 16.3. The number of rotatable bonds is 5. The summed E-state index contributed by atoms with van der Waals surface area (Å²) in [5.41, 5.74) is 7.76. The van der Waals surface area contributed by atoms with Crippen LogP contribution in [0.2, 0.25) is 0 Å². The van der Waals surface area contributed by atoms with Gasteiger partial charge in [-0.3, -0.25) is 0 Å². The van der Waals surface area contributed by atoms with Crippen molar-refractivity contribution in [3.8, 4) is 6.07 Å². The number of aliphatic hydroxyl groups is 1. The van der Waals surface area contributed by atoms with E-state index in [1.165, 1.54) is 0 Å². The average molecular weight is 219 g/mol. The smallest absolute Gasteiger partial charge is 0.0992 e. The molecule has 1 unspecified atom stereocenters. The van der Waals surface area contributed by atoms with Crippen molar-refractivity contribution < 1.29 is 5.11 Å². The molecule has 0 aliphatic carbocycles. The Morgan fingerprint density at radius 1 is 1.56 bits per heavy atom. The van der Waals surface area contributed by atoms with Gasteiger partial charge in [0.25, 0.3) is 0 Å². The molecular formula is C12H17N3O. The molecule has 0 saturated heterocycles. The number of nitriles is 1. The van der Waals surface area contributed by atoms with E-state index in [9.17, 15) is 0 Å². The minimum absolute atomic E-state index is 0.264. The maximum atomic E-state index is 9.08. The molecule has 0 bridgehead atoms. The van der Waals surface area contributed by atoms with E-state index in [-0.39, 0.29) is 6.10 Å². The molecule has 0 saturated carbocycles. The summed E-state index contributed by atoms with van der Waals surface area (Å²) in [5, 5.41) is 20.9. The van der Waals surface area contributed by atoms with E-state index in [1.807, 2.05) is 6.07 Å². The Morgan fingerprint density at radius 3 is 2.88 bits per heavy atom. The normalized spacial score (nSPS) is 11.8. The highest BCUT2D eigenvalue weighted by molar-refractivity contribution is 5.68. The van der Waals surface area contributed by atoms with Crippen LogP contribution >= 0.6 is 0 Å². The largest absolute Gasteiger partial charge is 0.397 e. The predicted octanol–water partition coefficient (Wildman–Crippen LogP) is 1.71. The zero-order chi connectivity index (χ0) is 12.0. The maximum Gasteiger partial charge on any atom is 0.0992 e. The molecule has 1 aromatic carbocycles. The van der Waals surface area contributed by atoms with E-state index < -0.39 is 0 Å². The van der Waals surface area contributed by atoms with Crippen LogP contribution in [0.1, 0.15) is 25.3 Å². The van der Waals surface area contributed by atoms with Crippen LogP contribution < -0.4 is 11.1 Å². The van der Waals surface area contributed by atoms with E-state index in [0.717, 1.165) is 25.1 Å². The molecule has 4 N–H and O–H groups in total. The standard InChI is InChI=1S/C12H17N3O/c1-9(16)3-2-6-15-12-5-4-10(8-13)7-11(12)14/h4-5,7,9,15-16H,2-3,6,14H2,1H3. The van der Waals surface area contributed by atoms with E-state index in [4.69, 9.17) is 16.1 Å². The Labute approximate surface area is 95.7 Å². The quantitative estimate of drug-likeness (QED) is 0.520. The van der Waals surface area contributed by atoms with E-state index in [1.54, 1.807) is 25.1 Å². The highest BCUT2D eigenvalue weighted by Gasteiger charge is 2.00. The number of nitrogen functional groups attached to an aromatic ring is 1. The van der Waals surface area contributed by atoms with Gasteiger partial charge in [-0.15, -0.1) is 0 Å². The van der Waals surface area contributed by atoms with E-state index in [0.29, 0.717) is 11.3 Å². The monoisotopic (exact) mass is 219 g/mol. The third kappa shape index (κ3) is 3.79. The summed E-state index contributed by atoms with van der Waals surface area (Å²) in [5.74, 6) is 0. The minimum atomic E-state index is -0.264. The molecule has 1 atom stereocenters. The first-order chi connectivity index (χ1) is 7.63. The lowest BCUT2D eigenvalue weighted by Gasteiger charge is -2.10. The second-order valence-corrected chi connectivity index (χ2v) is 3.83. The van der Waals surface area contributed by atoms with Gasteiger partial charge >= 0.3 is 0 Å². The minimum Gasteiger partial charge on any atom is -0.397 e. The van der Waals surface area contributed by atoms with Crippen LogP contribution in [0.4, 0.5) is 11.4 Å². The third-order valence-electron chi connectivity index (χ3n) is 2.29. The van der Waals surface area contributed by atoms with Gasteiger partial charge in [-0.05, 0) is 38.0 Å². The number of nitrogens with one attached hydrogen (secondary N) is 1. The molecule has 4 nitrogen and oxygen atoms in total. The van der Waals surface area contributed by atoms with E-state index in [2.05, 4.69) is 5.32 Å². The summed E-state index contributed by atoms with van der Waals surface area (Å²) in [6.07, 6.45) is 1.39. The molecule has 1 aromatic rings. The number of anilines is 2. The molecule has 86 valence electrons. The van der Waals surface area contributed by atoms with E-state index >= 15 is 0 Å². The molecule has 0 aliphatic heterocycles. The fraction of sp³-hybridized carbons (Fsp3) is 0.417. The van der Waals surface area contributed by atoms with Crippen molar-refractivity contribution in [2.45, 2.75) is 25.9 Å². The van der Waals surface area contributed by atoms with Gasteiger partial charge in [0.2, 0.25) is 0 Å². The molecule has 16 heavy (non-hydrogen) atoms. The maximum absolute atomic E-state index is 9.08. The Hall–Kier alpha value is -1.73. The summed E-state index contributed by atoms with van der Waals surface area (Å²) in [6.45, 7) is 2.54. The Balaban J connectivity index is 2.46. The Morgan fingerprint density at radius 2 is 2.31 bits per heavy atom. The molecule has 0 radical (unpaired) electrons. The average Bonchev–Trinajstić information content (AvgIpc) is 2.25. The van der Waals surface area contributed by atoms with Crippen LogP contribution in [-0.4, -0.2) is 17.8 Å². The third-order valence-corrected chi connectivity index (χ3v) is 2.29. The number of hydrogen-bond donors (Lipinski definition) is 3. The van der Waals surface area contributed by atoms with Crippen molar-refractivity contribution in [1.82, 2.24) is 0 Å². The van der Waals surface area contributed by atoms with Crippen molar-refractivity contribution in [2.75, 3.05) is 17.6 Å². The first-order valence-corrected chi connectivity index (χ1v) is 5.35. The van der Waals surface area contributed by atoms with Gasteiger partial charge in [-0.25, -0.2) is 0 Å². The van der Waals surface area contributed by atoms with Crippen molar-refractivity contribution in [3.05, 3.63) is 23.8 Å². The first kappa shape index (κ1) is 12.3. The summed E-state index contributed by atoms with van der Waals surface area (Å²) >= 11 is 0. The topological polar surface area (TPSA) is 82.1 Å². The number of aliphatic hydroxyl groups excluding tert-OH is 1. The lowest BCUT2D eigenvalue weighted by molar-refractivity contribution is 0.183. The van der Waals surface area contributed by atoms with Crippen molar-refractivity contribution in [1.29, 1.82) is 5.26 Å². The molecule has 0 fully saturated rings. The molecule has 0 aromatic heterocycles. The molecule has 4 heteroatoms. The Bertz CT molecular complexity index is 382. The summed E-state index contributed by atoms with van der Waals surface area (Å²) in [6, 6.07) is 7.22. The molecular weight excluding hydrogens is 202 g/mol. The van der Waals surface area contributed by atoms with Crippen LogP contribution in [0.25, 0.3) is 0 Å². The second kappa shape index (κ2) is 5.99. The van der Waals surface area contributed by atoms with Crippen molar-refractivity contribution in [3.63, 3.8) is 0 Å². The molecule has 0 amide bonds. The fourth-order valence-electron chi connectivity index (χ4n) is 1.41. The van der Waals surface area contributed by atoms with Gasteiger partial charge in [0, 0.05) is 6.54 Å². The second-order valence-electron chi connectivity index (χ2n) is 3.83. The predicted molar refractivity (Wildman–Crippen MR) is 65.0 cm³/mol. The fourth-order valence-corrected chi connectivity index (χ4v) is 1.41. The molecule has 0 spiro atoms. The van der Waals surface area contributed by atoms with Crippen molar-refractivity contribution in [2.24, 2.45) is 0 Å². The summed E-state index contributed by atoms with van der Waals surface area (Å²) in [4.78, 5) is 0. The van der Waals surface area contributed by atoms with Gasteiger partial charge in [-0.1, -0.05) is 0 Å². The number of benzene rings is 1. The molecule has 1 rings (SSSR count). The van der Waals surface area contributed by atoms with Crippen LogP contribution in [0.3, 0.4) is 0 Å². The van der Waals surface area contributed by atoms with Crippen LogP contribution in [-0.2, 0) is 0 Å². The number of nitrogens with zero attached hydrogens (tertiary/aromatic N) is 1. The summed E-state index contributed by atoms with van der Waals surface area (Å²) in [7, 11) is 0. The van der Waals surface area contributed by atoms with Gasteiger partial charge in [0.15, 0.2) is 0 Å². The zero-order valence-electron chi connectivity index (χ0n) is 9.40. The SMILES string of the molecule is CC(O)CCCNc1ccc(C#N)cc1N. The van der Waals surface area contributed by atoms with Gasteiger partial charge in [0.1, 0.15) is 0 Å². The highest BCUT2D eigenvalue weighted by Crippen LogP contribution is 2.19. The van der Waals surface area contributed by atoms with Gasteiger partial charge in [0.05, 0.1) is 29.1 Å². The van der Waals surface area contributed by atoms with Gasteiger partial charge in [-0.2, -0.15) is 5.26 Å². The van der Waals surface area contributed by atoms with Crippen LogP contribution in [0, 0.1) is 11.3 Å². The molecule has 0 heterocycles.